The summed E-state index contributed by atoms with van der Waals surface area (Å²) in [6, 6.07) is 11.9. The number of hydrogen-bond acceptors (Lipinski definition) is 7. The molecule has 8 nitrogen and oxygen atoms in total. The molecule has 0 radical (unpaired) electrons. The summed E-state index contributed by atoms with van der Waals surface area (Å²) in [4.78, 5) is 42.6. The monoisotopic (exact) mass is 532 g/mol. The van der Waals surface area contributed by atoms with E-state index in [2.05, 4.69) is 21.7 Å². The van der Waals surface area contributed by atoms with Crippen LogP contribution < -0.4 is 4.90 Å². The van der Waals surface area contributed by atoms with Crippen molar-refractivity contribution in [2.24, 2.45) is 0 Å². The van der Waals surface area contributed by atoms with Crippen molar-refractivity contribution in [2.75, 3.05) is 57.5 Å². The Hall–Kier alpha value is -2.36. The minimum atomic E-state index is 0.0347. The summed E-state index contributed by atoms with van der Waals surface area (Å²) >= 11 is 7.64. The van der Waals surface area contributed by atoms with E-state index < -0.39 is 0 Å². The van der Waals surface area contributed by atoms with E-state index in [0.717, 1.165) is 24.3 Å². The van der Waals surface area contributed by atoms with E-state index in [1.54, 1.807) is 6.07 Å². The minimum absolute atomic E-state index is 0.0347. The molecule has 1 aromatic carbocycles. The average Bonchev–Trinajstić information content (AvgIpc) is 2.85. The number of benzene rings is 1. The largest absolute Gasteiger partial charge is 0.353 e. The molecule has 0 N–H and O–H groups in total. The molecule has 2 amide bonds. The molecule has 1 aromatic heterocycles. The molecular formula is C26H37ClN6O2S. The fraction of sp³-hybridized carbons (Fsp3) is 0.538. The third-order valence-electron chi connectivity index (χ3n) is 6.11. The molecule has 196 valence electrons. The van der Waals surface area contributed by atoms with E-state index in [-0.39, 0.29) is 23.6 Å². The predicted molar refractivity (Wildman–Crippen MR) is 146 cm³/mol. The van der Waals surface area contributed by atoms with E-state index in [1.807, 2.05) is 61.2 Å². The first-order valence-corrected chi connectivity index (χ1v) is 13.8. The molecule has 1 aliphatic heterocycles. The van der Waals surface area contributed by atoms with E-state index in [4.69, 9.17) is 16.6 Å². The molecular weight excluding hydrogens is 496 g/mol. The molecule has 1 aliphatic rings. The van der Waals surface area contributed by atoms with Gasteiger partial charge in [-0.05, 0) is 33.0 Å². The van der Waals surface area contributed by atoms with Crippen LogP contribution in [0.4, 0.5) is 5.82 Å². The summed E-state index contributed by atoms with van der Waals surface area (Å²) < 4.78 is 0. The zero-order chi connectivity index (χ0) is 26.1. The van der Waals surface area contributed by atoms with Crippen molar-refractivity contribution >= 4 is 41.0 Å². The summed E-state index contributed by atoms with van der Waals surface area (Å²) in [7, 11) is 4.00. The zero-order valence-electron chi connectivity index (χ0n) is 21.7. The van der Waals surface area contributed by atoms with Crippen molar-refractivity contribution in [3.63, 3.8) is 0 Å². The Balaban J connectivity index is 1.64. The highest BCUT2D eigenvalue weighted by Gasteiger charge is 2.28. The van der Waals surface area contributed by atoms with Gasteiger partial charge in [0.1, 0.15) is 11.0 Å². The molecule has 0 saturated carbocycles. The predicted octanol–water partition coefficient (Wildman–Crippen LogP) is 3.65. The molecule has 0 spiro atoms. The molecule has 1 atom stereocenters. The number of nitrogens with zero attached hydrogens (tertiary/aromatic N) is 6. The topological polar surface area (TPSA) is 72.9 Å². The minimum Gasteiger partial charge on any atom is -0.353 e. The van der Waals surface area contributed by atoms with Crippen LogP contribution in [-0.4, -0.2) is 95.1 Å². The van der Waals surface area contributed by atoms with Crippen molar-refractivity contribution in [3.05, 3.63) is 47.1 Å². The quantitative estimate of drug-likeness (QED) is 0.248. The van der Waals surface area contributed by atoms with Gasteiger partial charge in [-0.3, -0.25) is 9.59 Å². The van der Waals surface area contributed by atoms with Crippen molar-refractivity contribution < 1.29 is 9.59 Å². The van der Waals surface area contributed by atoms with Crippen LogP contribution in [0.2, 0.25) is 5.15 Å². The molecule has 1 saturated heterocycles. The summed E-state index contributed by atoms with van der Waals surface area (Å²) in [5.74, 6) is 1.20. The van der Waals surface area contributed by atoms with Gasteiger partial charge in [0, 0.05) is 57.8 Å². The fourth-order valence-electron chi connectivity index (χ4n) is 4.14. The van der Waals surface area contributed by atoms with Gasteiger partial charge in [-0.2, -0.15) is 0 Å². The number of piperazine rings is 1. The first-order valence-electron chi connectivity index (χ1n) is 12.4. The lowest BCUT2D eigenvalue weighted by Crippen LogP contribution is -2.54. The molecule has 2 heterocycles. The third kappa shape index (κ3) is 8.35. The Morgan fingerprint density at radius 2 is 1.89 bits per heavy atom. The Labute approximate surface area is 224 Å². The van der Waals surface area contributed by atoms with Crippen LogP contribution in [0.15, 0.2) is 41.6 Å². The van der Waals surface area contributed by atoms with Crippen LogP contribution in [0.3, 0.4) is 0 Å². The standard InChI is InChI=1S/C26H37ClN6O2S/c1-5-9-24(34)33-15-14-31(17-20(33)2)23-16-22(27)28-26(29-23)36-19-25(35)32(13-12-30(3)4)18-21-10-7-6-8-11-21/h6-8,10-11,16,20H,5,9,12-15,17-19H2,1-4H3. The number of hydrogen-bond donors (Lipinski definition) is 0. The van der Waals surface area contributed by atoms with Gasteiger partial charge in [0.2, 0.25) is 11.8 Å². The van der Waals surface area contributed by atoms with Crippen LogP contribution in [-0.2, 0) is 16.1 Å². The third-order valence-corrected chi connectivity index (χ3v) is 7.13. The maximum absolute atomic E-state index is 13.2. The zero-order valence-corrected chi connectivity index (χ0v) is 23.3. The molecule has 0 aliphatic carbocycles. The number of thioether (sulfide) groups is 1. The Morgan fingerprint density at radius 1 is 1.14 bits per heavy atom. The van der Waals surface area contributed by atoms with Gasteiger partial charge in [0.05, 0.1) is 5.75 Å². The lowest BCUT2D eigenvalue weighted by atomic mass is 10.1. The summed E-state index contributed by atoms with van der Waals surface area (Å²) in [6.45, 7) is 8.10. The van der Waals surface area contributed by atoms with Gasteiger partial charge in [-0.25, -0.2) is 9.97 Å². The highest BCUT2D eigenvalue weighted by Crippen LogP contribution is 2.25. The number of anilines is 1. The van der Waals surface area contributed by atoms with Crippen molar-refractivity contribution in [3.8, 4) is 0 Å². The van der Waals surface area contributed by atoms with Crippen molar-refractivity contribution in [1.29, 1.82) is 0 Å². The van der Waals surface area contributed by atoms with Crippen LogP contribution in [0.25, 0.3) is 0 Å². The Kier molecular flexibility index (Phi) is 10.8. The summed E-state index contributed by atoms with van der Waals surface area (Å²) in [5.41, 5.74) is 1.10. The van der Waals surface area contributed by atoms with Gasteiger partial charge < -0.3 is 19.6 Å². The van der Waals surface area contributed by atoms with Crippen LogP contribution in [0.5, 0.6) is 0 Å². The highest BCUT2D eigenvalue weighted by atomic mass is 35.5. The first kappa shape index (κ1) is 28.2. The van der Waals surface area contributed by atoms with Crippen LogP contribution >= 0.6 is 23.4 Å². The molecule has 10 heteroatoms. The highest BCUT2D eigenvalue weighted by molar-refractivity contribution is 7.99. The van der Waals surface area contributed by atoms with Crippen LogP contribution in [0.1, 0.15) is 32.3 Å². The Bertz CT molecular complexity index is 1010. The lowest BCUT2D eigenvalue weighted by Gasteiger charge is -2.40. The van der Waals surface area contributed by atoms with Gasteiger partial charge in [0.25, 0.3) is 0 Å². The van der Waals surface area contributed by atoms with Gasteiger partial charge in [-0.1, -0.05) is 60.6 Å². The van der Waals surface area contributed by atoms with Gasteiger partial charge in [0.15, 0.2) is 5.16 Å². The molecule has 1 unspecified atom stereocenters. The van der Waals surface area contributed by atoms with E-state index >= 15 is 0 Å². The fourth-order valence-corrected chi connectivity index (χ4v) is 5.12. The number of carbonyl (C=O) groups excluding carboxylic acids is 2. The first-order chi connectivity index (χ1) is 17.3. The van der Waals surface area contributed by atoms with Gasteiger partial charge in [-0.15, -0.1) is 0 Å². The van der Waals surface area contributed by atoms with Gasteiger partial charge >= 0.3 is 0 Å². The van der Waals surface area contributed by atoms with E-state index in [0.29, 0.717) is 49.5 Å². The second-order valence-corrected chi connectivity index (χ2v) is 10.7. The normalized spacial score (nSPS) is 15.9. The smallest absolute Gasteiger partial charge is 0.233 e. The van der Waals surface area contributed by atoms with Crippen LogP contribution in [0, 0.1) is 0 Å². The van der Waals surface area contributed by atoms with Crippen molar-refractivity contribution in [2.45, 2.75) is 44.4 Å². The maximum Gasteiger partial charge on any atom is 0.233 e. The van der Waals surface area contributed by atoms with E-state index in [9.17, 15) is 9.59 Å². The van der Waals surface area contributed by atoms with E-state index in [1.165, 1.54) is 11.8 Å². The Morgan fingerprint density at radius 3 is 2.56 bits per heavy atom. The number of rotatable bonds is 11. The second-order valence-electron chi connectivity index (χ2n) is 9.36. The molecule has 36 heavy (non-hydrogen) atoms. The lowest BCUT2D eigenvalue weighted by molar-refractivity contribution is -0.133. The summed E-state index contributed by atoms with van der Waals surface area (Å²) in [5, 5.41) is 0.830. The molecule has 1 fully saturated rings. The number of carbonyl (C=O) groups is 2. The maximum atomic E-state index is 13.2. The second kappa shape index (κ2) is 13.8. The molecule has 3 rings (SSSR count). The van der Waals surface area contributed by atoms with Crippen molar-refractivity contribution in [1.82, 2.24) is 24.7 Å². The average molecular weight is 533 g/mol. The summed E-state index contributed by atoms with van der Waals surface area (Å²) in [6.07, 6.45) is 1.43. The SMILES string of the molecule is CCCC(=O)N1CCN(c2cc(Cl)nc(SCC(=O)N(CCN(C)C)Cc3ccccc3)n2)CC1C. The number of likely N-dealkylation sites (N-methyl/N-ethyl adjacent to an activating group) is 1. The molecule has 2 aromatic rings. The number of amides is 2. The molecule has 0 bridgehead atoms. The number of aromatic nitrogens is 2. The number of halogens is 1.